The highest BCUT2D eigenvalue weighted by Gasteiger charge is 2.17. The van der Waals surface area contributed by atoms with E-state index in [9.17, 15) is 0 Å². The van der Waals surface area contributed by atoms with E-state index in [4.69, 9.17) is 20.2 Å². The first-order chi connectivity index (χ1) is 17.4. The molecule has 0 saturated heterocycles. The monoisotopic (exact) mass is 473 g/mol. The van der Waals surface area contributed by atoms with Crippen LogP contribution in [-0.2, 0) is 0 Å². The van der Waals surface area contributed by atoms with Crippen LogP contribution in [0.2, 0.25) is 0 Å². The van der Waals surface area contributed by atoms with Crippen LogP contribution in [0.25, 0.3) is 33.4 Å². The Labute approximate surface area is 209 Å². The summed E-state index contributed by atoms with van der Waals surface area (Å²) in [7, 11) is 0. The minimum absolute atomic E-state index is 0.729. The molecule has 0 atom stereocenters. The predicted molar refractivity (Wildman–Crippen MR) is 145 cm³/mol. The zero-order valence-corrected chi connectivity index (χ0v) is 21.0. The van der Waals surface area contributed by atoms with Gasteiger partial charge in [0, 0.05) is 16.8 Å². The molecule has 6 aromatic rings. The number of hydrogen-bond acceptors (Lipinski definition) is 5. The summed E-state index contributed by atoms with van der Waals surface area (Å²) in [5.74, 6) is 2.31. The van der Waals surface area contributed by atoms with Gasteiger partial charge in [0.15, 0.2) is 11.5 Å². The Kier molecular flexibility index (Phi) is 5.07. The lowest BCUT2D eigenvalue weighted by Crippen LogP contribution is -2.07. The zero-order chi connectivity index (χ0) is 25.0. The standard InChI is InChI=1S/C29H27N7/c1-17-10-9-13-23-18(2)15-25(32-28(17)23)36-26(16-20(4)33-36)30-24-14-19(3)27-21(5)34-35(29(27)31-24)22-11-7-6-8-12-22/h6-16H,1-5H3,(H,30,31). The van der Waals surface area contributed by atoms with Crippen molar-refractivity contribution in [3.63, 3.8) is 0 Å². The molecule has 178 valence electrons. The van der Waals surface area contributed by atoms with Crippen LogP contribution < -0.4 is 5.32 Å². The topological polar surface area (TPSA) is 73.5 Å². The minimum Gasteiger partial charge on any atom is -0.325 e. The van der Waals surface area contributed by atoms with Crippen LogP contribution in [0.3, 0.4) is 0 Å². The smallest absolute Gasteiger partial charge is 0.165 e. The molecule has 0 aliphatic heterocycles. The molecule has 0 spiro atoms. The summed E-state index contributed by atoms with van der Waals surface area (Å²) in [5, 5.41) is 15.3. The van der Waals surface area contributed by atoms with Gasteiger partial charge in [0.25, 0.3) is 0 Å². The Balaban J connectivity index is 1.47. The lowest BCUT2D eigenvalue weighted by Gasteiger charge is -2.13. The number of fused-ring (bicyclic) bond motifs is 2. The van der Waals surface area contributed by atoms with Crippen LogP contribution in [0.5, 0.6) is 0 Å². The lowest BCUT2D eigenvalue weighted by molar-refractivity contribution is 0.841. The molecule has 0 amide bonds. The van der Waals surface area contributed by atoms with E-state index < -0.39 is 0 Å². The van der Waals surface area contributed by atoms with Gasteiger partial charge in [-0.05, 0) is 75.6 Å². The van der Waals surface area contributed by atoms with Crippen molar-refractivity contribution in [2.75, 3.05) is 5.32 Å². The normalized spacial score (nSPS) is 11.5. The van der Waals surface area contributed by atoms with E-state index >= 15 is 0 Å². The largest absolute Gasteiger partial charge is 0.325 e. The Morgan fingerprint density at radius 2 is 1.50 bits per heavy atom. The van der Waals surface area contributed by atoms with Crippen molar-refractivity contribution in [3.05, 3.63) is 94.8 Å². The number of aryl methyl sites for hydroxylation is 5. The molecule has 0 aliphatic rings. The molecule has 1 N–H and O–H groups in total. The number of rotatable bonds is 4. The first-order valence-corrected chi connectivity index (χ1v) is 12.0. The third kappa shape index (κ3) is 3.60. The van der Waals surface area contributed by atoms with Gasteiger partial charge in [-0.3, -0.25) is 0 Å². The van der Waals surface area contributed by atoms with E-state index in [1.807, 2.05) is 59.6 Å². The fraction of sp³-hybridized carbons (Fsp3) is 0.172. The number of pyridine rings is 2. The van der Waals surface area contributed by atoms with Crippen LogP contribution in [-0.4, -0.2) is 29.5 Å². The first kappa shape index (κ1) is 22.0. The first-order valence-electron chi connectivity index (χ1n) is 12.0. The van der Waals surface area contributed by atoms with Gasteiger partial charge in [0.05, 0.1) is 22.6 Å². The summed E-state index contributed by atoms with van der Waals surface area (Å²) in [6, 6.07) is 22.5. The second-order valence-electron chi connectivity index (χ2n) is 9.33. The average molecular weight is 474 g/mol. The van der Waals surface area contributed by atoms with Crippen molar-refractivity contribution in [1.82, 2.24) is 29.5 Å². The van der Waals surface area contributed by atoms with E-state index in [0.717, 1.165) is 73.2 Å². The summed E-state index contributed by atoms with van der Waals surface area (Å²) in [5.41, 5.74) is 8.05. The molecule has 0 radical (unpaired) electrons. The highest BCUT2D eigenvalue weighted by atomic mass is 15.4. The Hall–Kier alpha value is -4.52. The Morgan fingerprint density at radius 3 is 2.31 bits per heavy atom. The molecule has 0 unspecified atom stereocenters. The molecule has 36 heavy (non-hydrogen) atoms. The summed E-state index contributed by atoms with van der Waals surface area (Å²) in [6.45, 7) is 10.3. The van der Waals surface area contributed by atoms with Gasteiger partial charge in [-0.1, -0.05) is 36.4 Å². The van der Waals surface area contributed by atoms with Crippen molar-refractivity contribution < 1.29 is 0 Å². The second kappa shape index (κ2) is 8.30. The molecule has 2 aromatic carbocycles. The molecule has 0 saturated carbocycles. The van der Waals surface area contributed by atoms with E-state index in [-0.39, 0.29) is 0 Å². The number of nitrogens with one attached hydrogen (secondary N) is 1. The average Bonchev–Trinajstić information content (AvgIpc) is 3.39. The van der Waals surface area contributed by atoms with Gasteiger partial charge in [-0.2, -0.15) is 14.9 Å². The van der Waals surface area contributed by atoms with Crippen LogP contribution in [0, 0.1) is 34.6 Å². The van der Waals surface area contributed by atoms with Gasteiger partial charge in [-0.15, -0.1) is 0 Å². The molecule has 4 aromatic heterocycles. The highest BCUT2D eigenvalue weighted by molar-refractivity contribution is 5.87. The number of hydrogen-bond donors (Lipinski definition) is 1. The zero-order valence-electron chi connectivity index (χ0n) is 21.0. The molecular formula is C29H27N7. The van der Waals surface area contributed by atoms with Crippen molar-refractivity contribution in [2.45, 2.75) is 34.6 Å². The summed E-state index contributed by atoms with van der Waals surface area (Å²) < 4.78 is 3.76. The lowest BCUT2D eigenvalue weighted by atomic mass is 10.1. The predicted octanol–water partition coefficient (Wildman–Crippen LogP) is 6.44. The molecule has 7 nitrogen and oxygen atoms in total. The van der Waals surface area contributed by atoms with E-state index in [1.54, 1.807) is 0 Å². The molecule has 0 aliphatic carbocycles. The maximum Gasteiger partial charge on any atom is 0.165 e. The Morgan fingerprint density at radius 1 is 0.694 bits per heavy atom. The fourth-order valence-corrected chi connectivity index (χ4v) is 4.86. The maximum absolute atomic E-state index is 4.98. The molecule has 0 fully saturated rings. The van der Waals surface area contributed by atoms with Gasteiger partial charge in [0.2, 0.25) is 0 Å². The molecular weight excluding hydrogens is 446 g/mol. The summed E-state index contributed by atoms with van der Waals surface area (Å²) in [4.78, 5) is 9.95. The van der Waals surface area contributed by atoms with Gasteiger partial charge in [0.1, 0.15) is 11.6 Å². The van der Waals surface area contributed by atoms with Crippen LogP contribution >= 0.6 is 0 Å². The summed E-state index contributed by atoms with van der Waals surface area (Å²) in [6.07, 6.45) is 0. The highest BCUT2D eigenvalue weighted by Crippen LogP contribution is 2.29. The van der Waals surface area contributed by atoms with Crippen molar-refractivity contribution in [3.8, 4) is 11.5 Å². The molecule has 0 bridgehead atoms. The van der Waals surface area contributed by atoms with Crippen LogP contribution in [0.4, 0.5) is 11.6 Å². The number of para-hydroxylation sites is 2. The van der Waals surface area contributed by atoms with Crippen molar-refractivity contribution >= 4 is 33.6 Å². The van der Waals surface area contributed by atoms with Gasteiger partial charge < -0.3 is 5.32 Å². The van der Waals surface area contributed by atoms with Crippen LogP contribution in [0.1, 0.15) is 28.1 Å². The fourth-order valence-electron chi connectivity index (χ4n) is 4.86. The number of nitrogens with zero attached hydrogens (tertiary/aromatic N) is 6. The number of aromatic nitrogens is 6. The third-order valence-electron chi connectivity index (χ3n) is 6.55. The third-order valence-corrected chi connectivity index (χ3v) is 6.55. The minimum atomic E-state index is 0.729. The molecule has 4 heterocycles. The van der Waals surface area contributed by atoms with E-state index in [1.165, 1.54) is 0 Å². The quantitative estimate of drug-likeness (QED) is 0.319. The summed E-state index contributed by atoms with van der Waals surface area (Å²) >= 11 is 0. The van der Waals surface area contributed by atoms with E-state index in [0.29, 0.717) is 0 Å². The van der Waals surface area contributed by atoms with Crippen LogP contribution in [0.15, 0.2) is 66.7 Å². The number of benzene rings is 2. The maximum atomic E-state index is 4.98. The Bertz CT molecular complexity index is 1760. The SMILES string of the molecule is Cc1cc(Nc2cc(C)c3c(C)nn(-c4ccccc4)c3n2)n(-c2cc(C)c3cccc(C)c3n2)n1. The van der Waals surface area contributed by atoms with E-state index in [2.05, 4.69) is 56.4 Å². The van der Waals surface area contributed by atoms with Gasteiger partial charge in [-0.25, -0.2) is 14.6 Å². The molecule has 6 rings (SSSR count). The molecule has 7 heteroatoms. The van der Waals surface area contributed by atoms with Crippen molar-refractivity contribution in [1.29, 1.82) is 0 Å². The second-order valence-corrected chi connectivity index (χ2v) is 9.33. The van der Waals surface area contributed by atoms with Gasteiger partial charge >= 0.3 is 0 Å². The van der Waals surface area contributed by atoms with Crippen molar-refractivity contribution in [2.24, 2.45) is 0 Å². The number of anilines is 2.